The van der Waals surface area contributed by atoms with Crippen LogP contribution in [0.2, 0.25) is 0 Å². The van der Waals surface area contributed by atoms with Crippen LogP contribution < -0.4 is 16.4 Å². The molecular formula is C31H43F2N4O6S. The quantitative estimate of drug-likeness (QED) is 0.256. The third-order valence-electron chi connectivity index (χ3n) is 7.44. The lowest BCUT2D eigenvalue weighted by molar-refractivity contribution is -0.135. The molecule has 1 fully saturated rings. The van der Waals surface area contributed by atoms with Crippen molar-refractivity contribution < 1.29 is 36.6 Å². The Morgan fingerprint density at radius 3 is 2.48 bits per heavy atom. The highest BCUT2D eigenvalue weighted by Crippen LogP contribution is 2.16. The first-order valence-corrected chi connectivity index (χ1v) is 16.8. The summed E-state index contributed by atoms with van der Waals surface area (Å²) in [7, 11) is -3.77. The normalized spacial score (nSPS) is 17.1. The van der Waals surface area contributed by atoms with Crippen molar-refractivity contribution in [3.05, 3.63) is 70.8 Å². The predicted octanol–water partition coefficient (Wildman–Crippen LogP) is 2.78. The highest BCUT2D eigenvalue weighted by molar-refractivity contribution is 7.91. The van der Waals surface area contributed by atoms with Crippen LogP contribution in [0.1, 0.15) is 49.8 Å². The molecule has 0 aromatic heterocycles. The van der Waals surface area contributed by atoms with E-state index in [1.54, 1.807) is 6.07 Å². The fraction of sp³-hybridized carbons (Fsp3) is 0.548. The minimum absolute atomic E-state index is 0.0418. The smallest absolute Gasteiger partial charge is 0.408 e. The van der Waals surface area contributed by atoms with E-state index in [1.165, 1.54) is 4.90 Å². The number of unbranched alkanes of at least 4 members (excludes halogenated alkanes) is 1. The summed E-state index contributed by atoms with van der Waals surface area (Å²) in [5.74, 6) is -3.23. The molecule has 1 saturated heterocycles. The van der Waals surface area contributed by atoms with E-state index < -0.39 is 70.1 Å². The third-order valence-corrected chi connectivity index (χ3v) is 9.19. The zero-order valence-corrected chi connectivity index (χ0v) is 26.0. The average Bonchev–Trinajstić information content (AvgIpc) is 3.47. The van der Waals surface area contributed by atoms with Crippen LogP contribution in [0.5, 0.6) is 0 Å². The Labute approximate surface area is 258 Å². The first-order chi connectivity index (χ1) is 20.9. The van der Waals surface area contributed by atoms with Gasteiger partial charge in [0.15, 0.2) is 9.84 Å². The standard InChI is InChI=1S/C31H43F2N4O6S/c1-3-5-11-44(41,42)20-28(36-31(40)43-26-9-10-35-17-26)30(39)37(18-22-8-6-7-21(4-2)12-22)19-29(38)27(34)15-23-13-24(32)16-25(33)14-23/h6-8,12-14,16,26-29,34-35,38H,3-5,9-11,15,17-20H2,1-2H3,(H,36,40)/t26-,27+,28-,29-/m1/s1. The van der Waals surface area contributed by atoms with Crippen LogP contribution in [0.25, 0.3) is 0 Å². The summed E-state index contributed by atoms with van der Waals surface area (Å²) in [5.41, 5.74) is 10.3. The van der Waals surface area contributed by atoms with Crippen LogP contribution in [0.3, 0.4) is 0 Å². The van der Waals surface area contributed by atoms with E-state index in [9.17, 15) is 31.9 Å². The van der Waals surface area contributed by atoms with E-state index in [-0.39, 0.29) is 24.3 Å². The molecule has 4 N–H and O–H groups in total. The molecular weight excluding hydrogens is 594 g/mol. The van der Waals surface area contributed by atoms with Crippen molar-refractivity contribution in [2.45, 2.75) is 76.8 Å². The number of benzene rings is 2. The maximum atomic E-state index is 14.0. The Morgan fingerprint density at radius 1 is 1.14 bits per heavy atom. The van der Waals surface area contributed by atoms with Gasteiger partial charge in [-0.2, -0.15) is 0 Å². The van der Waals surface area contributed by atoms with Crippen LogP contribution >= 0.6 is 0 Å². The number of aliphatic hydroxyl groups is 1. The van der Waals surface area contributed by atoms with Crippen LogP contribution in [0.4, 0.5) is 13.6 Å². The van der Waals surface area contributed by atoms with E-state index in [1.807, 2.05) is 32.0 Å². The Hall–Kier alpha value is -3.13. The number of halogens is 2. The Balaban J connectivity index is 1.87. The van der Waals surface area contributed by atoms with Gasteiger partial charge >= 0.3 is 6.09 Å². The van der Waals surface area contributed by atoms with Crippen LogP contribution in [-0.2, 0) is 38.8 Å². The lowest BCUT2D eigenvalue weighted by Crippen LogP contribution is -2.54. The van der Waals surface area contributed by atoms with Crippen molar-refractivity contribution >= 4 is 21.8 Å². The molecule has 13 heteroatoms. The average molecular weight is 638 g/mol. The van der Waals surface area contributed by atoms with Gasteiger partial charge in [0.05, 0.1) is 23.7 Å². The maximum Gasteiger partial charge on any atom is 0.408 e. The summed E-state index contributed by atoms with van der Waals surface area (Å²) in [6.45, 7) is 4.47. The van der Waals surface area contributed by atoms with Gasteiger partial charge in [-0.15, -0.1) is 0 Å². The number of carbonyl (C=O) groups excluding carboxylic acids is 2. The lowest BCUT2D eigenvalue weighted by Gasteiger charge is -2.31. The van der Waals surface area contributed by atoms with E-state index in [0.717, 1.165) is 24.1 Å². The number of alkyl carbamates (subject to hydrolysis) is 1. The molecule has 1 radical (unpaired) electrons. The van der Waals surface area contributed by atoms with Gasteiger partial charge in [-0.05, 0) is 61.1 Å². The second-order valence-electron chi connectivity index (χ2n) is 11.2. The minimum atomic E-state index is -3.77. The predicted molar refractivity (Wildman–Crippen MR) is 162 cm³/mol. The van der Waals surface area contributed by atoms with E-state index in [0.29, 0.717) is 44.0 Å². The van der Waals surface area contributed by atoms with Crippen LogP contribution in [0.15, 0.2) is 42.5 Å². The number of nitrogens with zero attached hydrogens (tertiary/aromatic N) is 1. The largest absolute Gasteiger partial charge is 0.445 e. The molecule has 2 aromatic rings. The number of nitrogens with one attached hydrogen (secondary N) is 3. The van der Waals surface area contributed by atoms with Crippen molar-refractivity contribution in [3.8, 4) is 0 Å². The summed E-state index contributed by atoms with van der Waals surface area (Å²) in [6.07, 6.45) is -0.704. The second-order valence-corrected chi connectivity index (χ2v) is 13.5. The van der Waals surface area contributed by atoms with Crippen molar-refractivity contribution in [2.75, 3.05) is 31.1 Å². The zero-order valence-electron chi connectivity index (χ0n) is 25.2. The summed E-state index contributed by atoms with van der Waals surface area (Å²) in [5, 5.41) is 16.5. The molecule has 243 valence electrons. The SMILES string of the molecule is CCCCS(=O)(=O)C[C@@H](NC(=O)O[C@@H]1CCNC1)C(=O)N(Cc1cccc(CC)c1)C[C@@H](O)[C@@H]([NH])Cc1cc(F)cc(F)c1. The number of sulfone groups is 1. The molecule has 0 bridgehead atoms. The van der Waals surface area contributed by atoms with E-state index >= 15 is 0 Å². The number of hydrogen-bond acceptors (Lipinski definition) is 7. The number of amides is 2. The molecule has 2 aromatic carbocycles. The molecule has 0 saturated carbocycles. The van der Waals surface area contributed by atoms with Crippen molar-refractivity contribution in [3.63, 3.8) is 0 Å². The summed E-state index contributed by atoms with van der Waals surface area (Å²) in [6, 6.07) is 7.46. The monoisotopic (exact) mass is 637 g/mol. The number of aliphatic hydroxyl groups excluding tert-OH is 1. The van der Waals surface area contributed by atoms with Crippen molar-refractivity contribution in [1.29, 1.82) is 0 Å². The molecule has 0 aliphatic carbocycles. The van der Waals surface area contributed by atoms with Gasteiger partial charge < -0.3 is 25.4 Å². The fourth-order valence-electron chi connectivity index (χ4n) is 5.03. The topological polar surface area (TPSA) is 149 Å². The van der Waals surface area contributed by atoms with Gasteiger partial charge in [0, 0.05) is 25.7 Å². The minimum Gasteiger partial charge on any atom is -0.445 e. The van der Waals surface area contributed by atoms with Crippen molar-refractivity contribution in [1.82, 2.24) is 21.3 Å². The summed E-state index contributed by atoms with van der Waals surface area (Å²) < 4.78 is 58.8. The van der Waals surface area contributed by atoms with Gasteiger partial charge in [0.25, 0.3) is 0 Å². The maximum absolute atomic E-state index is 14.0. The Kier molecular flexibility index (Phi) is 13.5. The highest BCUT2D eigenvalue weighted by atomic mass is 32.2. The molecule has 1 aliphatic rings. The number of aryl methyl sites for hydroxylation is 1. The number of ether oxygens (including phenoxy) is 1. The van der Waals surface area contributed by atoms with Gasteiger partial charge in [-0.1, -0.05) is 44.5 Å². The Morgan fingerprint density at radius 2 is 1.84 bits per heavy atom. The van der Waals surface area contributed by atoms with Crippen LogP contribution in [0, 0.1) is 11.6 Å². The molecule has 0 unspecified atom stereocenters. The third kappa shape index (κ3) is 11.4. The molecule has 0 spiro atoms. The molecule has 3 rings (SSSR count). The van der Waals surface area contributed by atoms with E-state index in [4.69, 9.17) is 10.5 Å². The van der Waals surface area contributed by atoms with Crippen molar-refractivity contribution in [2.24, 2.45) is 0 Å². The van der Waals surface area contributed by atoms with E-state index in [2.05, 4.69) is 10.6 Å². The number of rotatable bonds is 16. The molecule has 44 heavy (non-hydrogen) atoms. The molecule has 4 atom stereocenters. The van der Waals surface area contributed by atoms with Crippen LogP contribution in [-0.4, -0.2) is 85.9 Å². The summed E-state index contributed by atoms with van der Waals surface area (Å²) >= 11 is 0. The molecule has 1 heterocycles. The number of hydrogen-bond donors (Lipinski definition) is 3. The van der Waals surface area contributed by atoms with Gasteiger partial charge in [0.1, 0.15) is 23.8 Å². The first-order valence-electron chi connectivity index (χ1n) is 15.0. The molecule has 2 amide bonds. The second kappa shape index (κ2) is 16.8. The fourth-order valence-corrected chi connectivity index (χ4v) is 6.65. The molecule has 10 nitrogen and oxygen atoms in total. The number of carbonyl (C=O) groups is 2. The first kappa shape index (κ1) is 35.4. The summed E-state index contributed by atoms with van der Waals surface area (Å²) in [4.78, 5) is 28.1. The highest BCUT2D eigenvalue weighted by Gasteiger charge is 2.34. The van der Waals surface area contributed by atoms with Gasteiger partial charge in [-0.3, -0.25) is 10.5 Å². The zero-order chi connectivity index (χ0) is 32.3. The Bertz CT molecular complexity index is 1340. The lowest BCUT2D eigenvalue weighted by atomic mass is 10.0. The van der Waals surface area contributed by atoms with Gasteiger partial charge in [-0.25, -0.2) is 22.0 Å². The molecule has 1 aliphatic heterocycles. The van der Waals surface area contributed by atoms with Gasteiger partial charge in [0.2, 0.25) is 5.91 Å².